The molecule has 1 aromatic heterocycles. The molecule has 6 nitrogen and oxygen atoms in total. The van der Waals surface area contributed by atoms with Crippen LogP contribution in [-0.2, 0) is 21.4 Å². The summed E-state index contributed by atoms with van der Waals surface area (Å²) in [6, 6.07) is 10.3. The largest absolute Gasteiger partial charge is 0.348 e. The first-order valence-electron chi connectivity index (χ1n) is 7.97. The van der Waals surface area contributed by atoms with Crippen molar-refractivity contribution >= 4 is 31.9 Å². The van der Waals surface area contributed by atoms with Crippen LogP contribution in [0.15, 0.2) is 52.0 Å². The van der Waals surface area contributed by atoms with Gasteiger partial charge in [0, 0.05) is 36.5 Å². The van der Waals surface area contributed by atoms with Crippen LogP contribution >= 0.6 is 15.9 Å². The first-order chi connectivity index (χ1) is 11.8. The molecule has 0 bridgehead atoms. The summed E-state index contributed by atoms with van der Waals surface area (Å²) in [5, 5.41) is 0. The Balaban J connectivity index is 1.73. The predicted octanol–water partition coefficient (Wildman–Crippen LogP) is 2.47. The highest BCUT2D eigenvalue weighted by atomic mass is 79.9. The molecule has 1 atom stereocenters. The van der Waals surface area contributed by atoms with Gasteiger partial charge in [-0.25, -0.2) is 8.42 Å². The summed E-state index contributed by atoms with van der Waals surface area (Å²) in [4.78, 5) is 14.6. The molecular weight excluding hydrogens is 406 g/mol. The maximum absolute atomic E-state index is 12.7. The number of carbonyl (C=O) groups is 1. The zero-order valence-electron chi connectivity index (χ0n) is 14.1. The zero-order valence-corrected chi connectivity index (χ0v) is 16.5. The summed E-state index contributed by atoms with van der Waals surface area (Å²) >= 11 is 3.29. The molecule has 1 unspecified atom stereocenters. The number of amides is 1. The second-order valence-electron chi connectivity index (χ2n) is 6.10. The number of nitrogens with zero attached hydrogens (tertiary/aromatic N) is 3. The van der Waals surface area contributed by atoms with Crippen LogP contribution in [0.3, 0.4) is 0 Å². The van der Waals surface area contributed by atoms with Crippen molar-refractivity contribution in [3.8, 4) is 0 Å². The molecule has 0 saturated carbocycles. The Kier molecular flexibility index (Phi) is 5.04. The highest BCUT2D eigenvalue weighted by molar-refractivity contribution is 9.10. The molecule has 3 rings (SSSR count). The minimum absolute atomic E-state index is 0.0694. The van der Waals surface area contributed by atoms with E-state index in [-0.39, 0.29) is 23.4 Å². The Morgan fingerprint density at radius 2 is 1.92 bits per heavy atom. The first-order valence-corrected chi connectivity index (χ1v) is 10.2. The molecule has 8 heteroatoms. The lowest BCUT2D eigenvalue weighted by Crippen LogP contribution is -2.46. The predicted molar refractivity (Wildman–Crippen MR) is 98.5 cm³/mol. The summed E-state index contributed by atoms with van der Waals surface area (Å²) in [6.45, 7) is 3.09. The van der Waals surface area contributed by atoms with E-state index < -0.39 is 10.0 Å². The van der Waals surface area contributed by atoms with Gasteiger partial charge in [-0.2, -0.15) is 4.31 Å². The molecule has 1 aliphatic heterocycles. The van der Waals surface area contributed by atoms with Crippen LogP contribution in [0.5, 0.6) is 0 Å². The lowest BCUT2D eigenvalue weighted by Gasteiger charge is -2.35. The van der Waals surface area contributed by atoms with Crippen molar-refractivity contribution in [2.24, 2.45) is 0 Å². The van der Waals surface area contributed by atoms with Crippen LogP contribution in [0.1, 0.15) is 18.7 Å². The highest BCUT2D eigenvalue weighted by Gasteiger charge is 2.30. The van der Waals surface area contributed by atoms with Crippen molar-refractivity contribution in [2.45, 2.75) is 24.4 Å². The van der Waals surface area contributed by atoms with E-state index in [0.29, 0.717) is 6.54 Å². The van der Waals surface area contributed by atoms with E-state index in [0.717, 1.165) is 21.0 Å². The molecular formula is C17H20BrN3O3S. The maximum atomic E-state index is 12.7. The lowest BCUT2D eigenvalue weighted by atomic mass is 10.1. The Hall–Kier alpha value is -1.64. The smallest absolute Gasteiger partial charge is 0.243 e. The number of aromatic nitrogens is 1. The molecule has 25 heavy (non-hydrogen) atoms. The summed E-state index contributed by atoms with van der Waals surface area (Å²) < 4.78 is 29.3. The van der Waals surface area contributed by atoms with Gasteiger partial charge in [-0.3, -0.25) is 4.79 Å². The fourth-order valence-electron chi connectivity index (χ4n) is 3.07. The van der Waals surface area contributed by atoms with Crippen LogP contribution < -0.4 is 0 Å². The third-order valence-electron chi connectivity index (χ3n) is 4.54. The van der Waals surface area contributed by atoms with E-state index in [4.69, 9.17) is 0 Å². The van der Waals surface area contributed by atoms with Gasteiger partial charge in [0.05, 0.1) is 17.5 Å². The van der Waals surface area contributed by atoms with Crippen molar-refractivity contribution in [3.63, 3.8) is 0 Å². The van der Waals surface area contributed by atoms with Gasteiger partial charge in [0.2, 0.25) is 15.9 Å². The van der Waals surface area contributed by atoms with Crippen LogP contribution in [0.2, 0.25) is 0 Å². The molecule has 2 heterocycles. The number of sulfonamides is 1. The van der Waals surface area contributed by atoms with Crippen LogP contribution in [-0.4, -0.2) is 48.2 Å². The van der Waals surface area contributed by atoms with Crippen LogP contribution in [0.4, 0.5) is 0 Å². The Morgan fingerprint density at radius 1 is 1.24 bits per heavy atom. The van der Waals surface area contributed by atoms with Crippen molar-refractivity contribution in [2.75, 3.05) is 20.1 Å². The monoisotopic (exact) mass is 425 g/mol. The number of fused-ring (bicyclic) bond motifs is 1. The second kappa shape index (κ2) is 6.93. The van der Waals surface area contributed by atoms with Crippen LogP contribution in [0.25, 0.3) is 0 Å². The number of likely N-dealkylation sites (N-methyl/N-ethyl adjacent to an activating group) is 1. The van der Waals surface area contributed by atoms with Gasteiger partial charge in [-0.1, -0.05) is 15.9 Å². The molecule has 1 amide bonds. The molecule has 2 aromatic rings. The number of benzene rings is 1. The summed E-state index contributed by atoms with van der Waals surface area (Å²) in [7, 11) is -2.26. The number of hydrogen-bond donors (Lipinski definition) is 0. The van der Waals surface area contributed by atoms with E-state index in [1.54, 1.807) is 17.0 Å². The van der Waals surface area contributed by atoms with Crippen molar-refractivity contribution in [1.29, 1.82) is 0 Å². The molecule has 0 radical (unpaired) electrons. The van der Waals surface area contributed by atoms with Crippen molar-refractivity contribution in [3.05, 3.63) is 52.8 Å². The third-order valence-corrected chi connectivity index (χ3v) is 6.89. The van der Waals surface area contributed by atoms with E-state index in [1.807, 2.05) is 25.3 Å². The average molecular weight is 426 g/mol. The highest BCUT2D eigenvalue weighted by Crippen LogP contribution is 2.26. The first kappa shape index (κ1) is 18.2. The van der Waals surface area contributed by atoms with E-state index in [1.165, 1.54) is 19.2 Å². The fraction of sp³-hybridized carbons (Fsp3) is 0.353. The van der Waals surface area contributed by atoms with Crippen molar-refractivity contribution < 1.29 is 13.2 Å². The van der Waals surface area contributed by atoms with Gasteiger partial charge in [-0.05, 0) is 43.3 Å². The van der Waals surface area contributed by atoms with Gasteiger partial charge in [-0.15, -0.1) is 0 Å². The zero-order chi connectivity index (χ0) is 18.2. The Labute approximate surface area is 156 Å². The molecule has 0 saturated heterocycles. The van der Waals surface area contributed by atoms with E-state index in [2.05, 4.69) is 20.5 Å². The second-order valence-corrected chi connectivity index (χ2v) is 9.07. The molecule has 134 valence electrons. The standard InChI is InChI=1S/C17H20BrN3O3S/c1-13-16-4-3-9-20(16)10-11-21(13)17(22)12-19(2)25(23,24)15-7-5-14(18)6-8-15/h3-9,13H,10-12H2,1-2H3. The number of rotatable bonds is 4. The maximum Gasteiger partial charge on any atom is 0.243 e. The van der Waals surface area contributed by atoms with Gasteiger partial charge in [0.15, 0.2) is 0 Å². The topological polar surface area (TPSA) is 62.6 Å². The average Bonchev–Trinajstić information content (AvgIpc) is 3.05. The summed E-state index contributed by atoms with van der Waals surface area (Å²) in [6.07, 6.45) is 2.00. The van der Waals surface area contributed by atoms with Crippen LogP contribution in [0, 0.1) is 0 Å². The summed E-state index contributed by atoms with van der Waals surface area (Å²) in [5.41, 5.74) is 1.07. The van der Waals surface area contributed by atoms with Gasteiger partial charge < -0.3 is 9.47 Å². The normalized spacial score (nSPS) is 17.6. The minimum Gasteiger partial charge on any atom is -0.348 e. The molecule has 0 fully saturated rings. The molecule has 0 N–H and O–H groups in total. The molecule has 0 spiro atoms. The van der Waals surface area contributed by atoms with E-state index in [9.17, 15) is 13.2 Å². The quantitative estimate of drug-likeness (QED) is 0.755. The number of carbonyl (C=O) groups excluding carboxylic acids is 1. The molecule has 0 aliphatic carbocycles. The number of halogens is 1. The van der Waals surface area contributed by atoms with Gasteiger partial charge in [0.25, 0.3) is 0 Å². The minimum atomic E-state index is -3.70. The number of hydrogen-bond acceptors (Lipinski definition) is 3. The van der Waals surface area contributed by atoms with Gasteiger partial charge >= 0.3 is 0 Å². The SMILES string of the molecule is CC1c2cccn2CCN1C(=O)CN(C)S(=O)(=O)c1ccc(Br)cc1. The van der Waals surface area contributed by atoms with Crippen molar-refractivity contribution in [1.82, 2.24) is 13.8 Å². The molecule has 1 aromatic carbocycles. The van der Waals surface area contributed by atoms with Gasteiger partial charge in [0.1, 0.15) is 0 Å². The Morgan fingerprint density at radius 3 is 2.60 bits per heavy atom. The van der Waals surface area contributed by atoms with E-state index >= 15 is 0 Å². The molecule has 1 aliphatic rings. The Bertz CT molecular complexity index is 877. The third kappa shape index (κ3) is 3.51. The fourth-order valence-corrected chi connectivity index (χ4v) is 4.46. The summed E-state index contributed by atoms with van der Waals surface area (Å²) in [5.74, 6) is -0.192. The lowest BCUT2D eigenvalue weighted by molar-refractivity contribution is -0.134.